The summed E-state index contributed by atoms with van der Waals surface area (Å²) in [6.07, 6.45) is 4.54. The van der Waals surface area contributed by atoms with E-state index in [9.17, 15) is 4.79 Å². The normalized spacial score (nSPS) is 11.0. The lowest BCUT2D eigenvalue weighted by molar-refractivity contribution is -0.111. The molecule has 0 radical (unpaired) electrons. The van der Waals surface area contributed by atoms with Crippen molar-refractivity contribution in [3.63, 3.8) is 0 Å². The van der Waals surface area contributed by atoms with Crippen LogP contribution in [-0.4, -0.2) is 16.0 Å². The Hall–Kier alpha value is -3.15. The third-order valence-electron chi connectivity index (χ3n) is 2.89. The van der Waals surface area contributed by atoms with Gasteiger partial charge < -0.3 is 14.3 Å². The maximum atomic E-state index is 12.0. The Morgan fingerprint density at radius 2 is 2.09 bits per heavy atom. The molecule has 0 unspecified atom stereocenters. The molecule has 0 saturated carbocycles. The monoisotopic (exact) mass is 295 g/mol. The molecule has 3 rings (SSSR count). The van der Waals surface area contributed by atoms with Crippen molar-refractivity contribution in [1.29, 1.82) is 0 Å². The number of hydrogen-bond acceptors (Lipinski definition) is 5. The Morgan fingerprint density at radius 1 is 1.23 bits per heavy atom. The highest BCUT2D eigenvalue weighted by molar-refractivity contribution is 6.03. The number of para-hydroxylation sites is 1. The number of amides is 1. The average Bonchev–Trinajstić information content (AvgIpc) is 3.17. The predicted molar refractivity (Wildman–Crippen MR) is 80.8 cm³/mol. The van der Waals surface area contributed by atoms with Gasteiger partial charge in [-0.15, -0.1) is 0 Å². The number of nitrogens with one attached hydrogen (secondary N) is 1. The number of furan rings is 1. The van der Waals surface area contributed by atoms with Crippen molar-refractivity contribution in [3.05, 3.63) is 60.3 Å². The molecule has 0 atom stereocenters. The first-order valence-corrected chi connectivity index (χ1v) is 6.64. The molecule has 1 amide bonds. The van der Waals surface area contributed by atoms with Gasteiger partial charge in [-0.3, -0.25) is 4.79 Å². The summed E-state index contributed by atoms with van der Waals surface area (Å²) < 4.78 is 10.3. The fraction of sp³-hybridized carbons (Fsp3) is 0.0625. The lowest BCUT2D eigenvalue weighted by Crippen LogP contribution is -2.08. The minimum Gasteiger partial charge on any atom is -0.465 e. The minimum atomic E-state index is -0.278. The van der Waals surface area contributed by atoms with E-state index in [1.807, 2.05) is 12.1 Å². The highest BCUT2D eigenvalue weighted by atomic mass is 16.5. The van der Waals surface area contributed by atoms with E-state index in [0.29, 0.717) is 28.7 Å². The fourth-order valence-corrected chi connectivity index (χ4v) is 1.90. The number of rotatable bonds is 4. The second-order valence-electron chi connectivity index (χ2n) is 4.53. The first kappa shape index (κ1) is 13.8. The molecule has 6 nitrogen and oxygen atoms in total. The summed E-state index contributed by atoms with van der Waals surface area (Å²) in [5.74, 6) is 1.23. The van der Waals surface area contributed by atoms with E-state index in [0.717, 1.165) is 0 Å². The van der Waals surface area contributed by atoms with Crippen LogP contribution < -0.4 is 5.32 Å². The molecule has 0 saturated heterocycles. The van der Waals surface area contributed by atoms with Crippen LogP contribution in [0, 0.1) is 6.92 Å². The number of aromatic nitrogens is 2. The zero-order valence-corrected chi connectivity index (χ0v) is 11.8. The van der Waals surface area contributed by atoms with E-state index in [2.05, 4.69) is 15.5 Å². The summed E-state index contributed by atoms with van der Waals surface area (Å²) in [6.45, 7) is 1.74. The van der Waals surface area contributed by atoms with Crippen LogP contribution in [-0.2, 0) is 4.79 Å². The molecule has 0 aliphatic carbocycles. The highest BCUT2D eigenvalue weighted by Gasteiger charge is 2.12. The SMILES string of the molecule is Cc1noc(-c2ccccc2NC(=O)/C=C/c2ccco2)n1. The summed E-state index contributed by atoms with van der Waals surface area (Å²) in [6, 6.07) is 10.7. The summed E-state index contributed by atoms with van der Waals surface area (Å²) >= 11 is 0. The fourth-order valence-electron chi connectivity index (χ4n) is 1.90. The Morgan fingerprint density at radius 3 is 2.82 bits per heavy atom. The van der Waals surface area contributed by atoms with Crippen LogP contribution in [0.4, 0.5) is 5.69 Å². The number of anilines is 1. The van der Waals surface area contributed by atoms with E-state index in [-0.39, 0.29) is 5.91 Å². The van der Waals surface area contributed by atoms with Gasteiger partial charge in [0.15, 0.2) is 5.82 Å². The maximum absolute atomic E-state index is 12.0. The van der Waals surface area contributed by atoms with Gasteiger partial charge in [-0.2, -0.15) is 4.98 Å². The van der Waals surface area contributed by atoms with E-state index >= 15 is 0 Å². The van der Waals surface area contributed by atoms with Gasteiger partial charge in [-0.05, 0) is 37.3 Å². The third-order valence-corrected chi connectivity index (χ3v) is 2.89. The summed E-state index contributed by atoms with van der Waals surface area (Å²) in [7, 11) is 0. The summed E-state index contributed by atoms with van der Waals surface area (Å²) in [5.41, 5.74) is 1.27. The van der Waals surface area contributed by atoms with Crippen molar-refractivity contribution >= 4 is 17.7 Å². The van der Waals surface area contributed by atoms with E-state index in [1.54, 1.807) is 43.5 Å². The van der Waals surface area contributed by atoms with Crippen molar-refractivity contribution in [2.75, 3.05) is 5.32 Å². The van der Waals surface area contributed by atoms with E-state index in [1.165, 1.54) is 6.08 Å². The number of nitrogens with zero attached hydrogens (tertiary/aromatic N) is 2. The van der Waals surface area contributed by atoms with Gasteiger partial charge in [0.1, 0.15) is 5.76 Å². The molecule has 0 aliphatic heterocycles. The smallest absolute Gasteiger partial charge is 0.260 e. The van der Waals surface area contributed by atoms with Gasteiger partial charge in [0.05, 0.1) is 17.5 Å². The largest absolute Gasteiger partial charge is 0.465 e. The van der Waals surface area contributed by atoms with E-state index < -0.39 is 0 Å². The molecule has 110 valence electrons. The van der Waals surface area contributed by atoms with Crippen molar-refractivity contribution < 1.29 is 13.7 Å². The lowest BCUT2D eigenvalue weighted by atomic mass is 10.1. The standard InChI is InChI=1S/C16H13N3O3/c1-11-17-16(22-19-11)13-6-2-3-7-14(13)18-15(20)9-8-12-5-4-10-21-12/h2-10H,1H3,(H,18,20)/b9-8+. The molecular weight excluding hydrogens is 282 g/mol. The van der Waals surface area contributed by atoms with Gasteiger partial charge in [0.2, 0.25) is 5.91 Å². The van der Waals surface area contributed by atoms with Crippen LogP contribution in [0.15, 0.2) is 57.7 Å². The Kier molecular flexibility index (Phi) is 3.82. The minimum absolute atomic E-state index is 0.278. The molecule has 22 heavy (non-hydrogen) atoms. The molecule has 2 aromatic heterocycles. The molecule has 6 heteroatoms. The second kappa shape index (κ2) is 6.09. The van der Waals surface area contributed by atoms with Gasteiger partial charge in [-0.1, -0.05) is 17.3 Å². The average molecular weight is 295 g/mol. The number of hydrogen-bond donors (Lipinski definition) is 1. The highest BCUT2D eigenvalue weighted by Crippen LogP contribution is 2.26. The molecule has 0 aliphatic rings. The van der Waals surface area contributed by atoms with Crippen LogP contribution in [0.1, 0.15) is 11.6 Å². The van der Waals surface area contributed by atoms with Crippen LogP contribution in [0.25, 0.3) is 17.5 Å². The maximum Gasteiger partial charge on any atom is 0.260 e. The van der Waals surface area contributed by atoms with Crippen LogP contribution in [0.3, 0.4) is 0 Å². The van der Waals surface area contributed by atoms with Crippen molar-refractivity contribution in [2.24, 2.45) is 0 Å². The van der Waals surface area contributed by atoms with Gasteiger partial charge in [0, 0.05) is 6.08 Å². The molecule has 3 aromatic rings. The van der Waals surface area contributed by atoms with Crippen molar-refractivity contribution in [3.8, 4) is 11.5 Å². The molecule has 0 spiro atoms. The van der Waals surface area contributed by atoms with Crippen LogP contribution in [0.5, 0.6) is 0 Å². The zero-order chi connectivity index (χ0) is 15.4. The molecule has 0 bridgehead atoms. The van der Waals surface area contributed by atoms with Crippen molar-refractivity contribution in [2.45, 2.75) is 6.92 Å². The van der Waals surface area contributed by atoms with Crippen LogP contribution in [0.2, 0.25) is 0 Å². The van der Waals surface area contributed by atoms with Gasteiger partial charge >= 0.3 is 0 Å². The zero-order valence-electron chi connectivity index (χ0n) is 11.8. The Labute approximate surface area is 126 Å². The molecule has 0 fully saturated rings. The van der Waals surface area contributed by atoms with Gasteiger partial charge in [-0.25, -0.2) is 0 Å². The topological polar surface area (TPSA) is 81.2 Å². The first-order valence-electron chi connectivity index (χ1n) is 6.64. The molecular formula is C16H13N3O3. The third kappa shape index (κ3) is 3.12. The van der Waals surface area contributed by atoms with Crippen molar-refractivity contribution in [1.82, 2.24) is 10.1 Å². The Bertz CT molecular complexity index is 804. The lowest BCUT2D eigenvalue weighted by Gasteiger charge is -2.06. The number of benzene rings is 1. The Balaban J connectivity index is 1.79. The first-order chi connectivity index (χ1) is 10.7. The van der Waals surface area contributed by atoms with Gasteiger partial charge in [0.25, 0.3) is 5.89 Å². The van der Waals surface area contributed by atoms with E-state index in [4.69, 9.17) is 8.94 Å². The van der Waals surface area contributed by atoms with Crippen LogP contribution >= 0.6 is 0 Å². The number of aryl methyl sites for hydroxylation is 1. The number of carbonyl (C=O) groups is 1. The molecule has 1 N–H and O–H groups in total. The number of carbonyl (C=O) groups excluding carboxylic acids is 1. The summed E-state index contributed by atoms with van der Waals surface area (Å²) in [4.78, 5) is 16.2. The second-order valence-corrected chi connectivity index (χ2v) is 4.53. The molecule has 1 aromatic carbocycles. The quantitative estimate of drug-likeness (QED) is 0.747. The molecule has 2 heterocycles. The summed E-state index contributed by atoms with van der Waals surface area (Å²) in [5, 5.41) is 6.54. The predicted octanol–water partition coefficient (Wildman–Crippen LogP) is 3.29.